The molecule has 4 rings (SSSR count). The van der Waals surface area contributed by atoms with Gasteiger partial charge in [0.15, 0.2) is 0 Å². The molecular formula is C21H20N2O. The van der Waals surface area contributed by atoms with Crippen molar-refractivity contribution in [2.24, 2.45) is 9.98 Å². The van der Waals surface area contributed by atoms with Gasteiger partial charge in [0.25, 0.3) is 0 Å². The molecule has 1 atom stereocenters. The number of hydrogen-bond acceptors (Lipinski definition) is 3. The van der Waals surface area contributed by atoms with E-state index in [0.717, 1.165) is 39.0 Å². The van der Waals surface area contributed by atoms with Crippen LogP contribution >= 0.6 is 0 Å². The summed E-state index contributed by atoms with van der Waals surface area (Å²) in [4.78, 5) is 9.41. The molecule has 0 saturated carbocycles. The molecule has 3 aromatic carbocycles. The van der Waals surface area contributed by atoms with E-state index in [1.165, 1.54) is 11.1 Å². The van der Waals surface area contributed by atoms with Crippen molar-refractivity contribution in [2.75, 3.05) is 0 Å². The minimum atomic E-state index is -0.112. The molecule has 120 valence electrons. The Hall–Kier alpha value is -2.68. The highest BCUT2D eigenvalue weighted by atomic mass is 16.3. The lowest BCUT2D eigenvalue weighted by Gasteiger charge is -2.13. The third-order valence-electron chi connectivity index (χ3n) is 4.86. The number of rotatable bonds is 2. The standard InChI is InChI=1S/C21H20N2O/c1-4-14-8-7-11-15(12(14)2)18-20-19(22-13(3)23-20)16-9-5-6-10-17(16)21(18)24/h5-11,13,24H,4H2,1-3H3. The van der Waals surface area contributed by atoms with E-state index in [4.69, 9.17) is 9.98 Å². The van der Waals surface area contributed by atoms with Crippen LogP contribution in [0.25, 0.3) is 21.9 Å². The molecule has 0 amide bonds. The van der Waals surface area contributed by atoms with E-state index in [9.17, 15) is 5.11 Å². The van der Waals surface area contributed by atoms with E-state index >= 15 is 0 Å². The van der Waals surface area contributed by atoms with Gasteiger partial charge in [0, 0.05) is 10.8 Å². The van der Waals surface area contributed by atoms with Crippen LogP contribution in [0.1, 0.15) is 25.0 Å². The zero-order chi connectivity index (χ0) is 16.8. The second-order valence-corrected chi connectivity index (χ2v) is 6.30. The SMILES string of the molecule is CCc1cccc(-c2c(O)c3ccccc3c3c2=NC(C)N=3)c1C. The summed E-state index contributed by atoms with van der Waals surface area (Å²) in [6, 6.07) is 14.1. The number of aryl methyl sites for hydroxylation is 1. The van der Waals surface area contributed by atoms with Crippen LogP contribution in [-0.4, -0.2) is 11.3 Å². The largest absolute Gasteiger partial charge is 0.507 e. The van der Waals surface area contributed by atoms with E-state index in [2.05, 4.69) is 32.0 Å². The molecule has 1 unspecified atom stereocenters. The molecule has 0 aromatic heterocycles. The Morgan fingerprint density at radius 2 is 1.67 bits per heavy atom. The Morgan fingerprint density at radius 3 is 2.42 bits per heavy atom. The van der Waals surface area contributed by atoms with Crippen LogP contribution in [0.3, 0.4) is 0 Å². The van der Waals surface area contributed by atoms with Crippen molar-refractivity contribution in [3.05, 3.63) is 64.3 Å². The summed E-state index contributed by atoms with van der Waals surface area (Å²) in [5, 5.41) is 14.5. The Kier molecular flexibility index (Phi) is 3.38. The second-order valence-electron chi connectivity index (χ2n) is 6.30. The molecule has 1 N–H and O–H groups in total. The maximum absolute atomic E-state index is 11.0. The molecule has 0 spiro atoms. The molecule has 1 aliphatic rings. The summed E-state index contributed by atoms with van der Waals surface area (Å²) >= 11 is 0. The fourth-order valence-corrected chi connectivity index (χ4v) is 3.64. The number of benzene rings is 3. The van der Waals surface area contributed by atoms with Crippen LogP contribution in [0.2, 0.25) is 0 Å². The zero-order valence-corrected chi connectivity index (χ0v) is 14.2. The van der Waals surface area contributed by atoms with Gasteiger partial charge in [0.1, 0.15) is 11.9 Å². The molecular weight excluding hydrogens is 296 g/mol. The van der Waals surface area contributed by atoms with Gasteiger partial charge in [-0.3, -0.25) is 9.98 Å². The highest BCUT2D eigenvalue weighted by molar-refractivity contribution is 5.95. The van der Waals surface area contributed by atoms with Gasteiger partial charge in [0.05, 0.1) is 16.3 Å². The summed E-state index contributed by atoms with van der Waals surface area (Å²) < 4.78 is 0. The maximum atomic E-state index is 11.0. The molecule has 3 heteroatoms. The number of phenols is 1. The van der Waals surface area contributed by atoms with Crippen LogP contribution in [0.5, 0.6) is 5.75 Å². The molecule has 24 heavy (non-hydrogen) atoms. The predicted molar refractivity (Wildman–Crippen MR) is 96.9 cm³/mol. The predicted octanol–water partition coefficient (Wildman–Crippen LogP) is 3.68. The van der Waals surface area contributed by atoms with Crippen molar-refractivity contribution in [1.29, 1.82) is 0 Å². The first-order chi connectivity index (χ1) is 11.6. The lowest BCUT2D eigenvalue weighted by atomic mass is 9.92. The van der Waals surface area contributed by atoms with E-state index < -0.39 is 0 Å². The lowest BCUT2D eigenvalue weighted by Crippen LogP contribution is -2.25. The van der Waals surface area contributed by atoms with Gasteiger partial charge < -0.3 is 5.11 Å². The van der Waals surface area contributed by atoms with Gasteiger partial charge in [-0.05, 0) is 37.0 Å². The van der Waals surface area contributed by atoms with Crippen molar-refractivity contribution in [3.63, 3.8) is 0 Å². The van der Waals surface area contributed by atoms with E-state index in [1.807, 2.05) is 31.2 Å². The van der Waals surface area contributed by atoms with Crippen LogP contribution in [-0.2, 0) is 6.42 Å². The number of aromatic hydroxyl groups is 1. The molecule has 0 bridgehead atoms. The average Bonchev–Trinajstić information content (AvgIpc) is 2.98. The summed E-state index contributed by atoms with van der Waals surface area (Å²) in [5.41, 5.74) is 4.34. The lowest BCUT2D eigenvalue weighted by molar-refractivity contribution is 0.483. The molecule has 0 radical (unpaired) electrons. The number of fused-ring (bicyclic) bond motifs is 3. The highest BCUT2D eigenvalue weighted by Gasteiger charge is 2.20. The van der Waals surface area contributed by atoms with Gasteiger partial charge >= 0.3 is 0 Å². The highest BCUT2D eigenvalue weighted by Crippen LogP contribution is 2.34. The third-order valence-corrected chi connectivity index (χ3v) is 4.86. The van der Waals surface area contributed by atoms with Crippen LogP contribution in [0.4, 0.5) is 0 Å². The quantitative estimate of drug-likeness (QED) is 0.770. The van der Waals surface area contributed by atoms with Crippen molar-refractivity contribution in [2.45, 2.75) is 33.4 Å². The Bertz CT molecular complexity index is 1080. The first-order valence-electron chi connectivity index (χ1n) is 8.40. The zero-order valence-electron chi connectivity index (χ0n) is 14.2. The van der Waals surface area contributed by atoms with Crippen LogP contribution in [0.15, 0.2) is 52.4 Å². The molecule has 3 aromatic rings. The Morgan fingerprint density at radius 1 is 0.958 bits per heavy atom. The van der Waals surface area contributed by atoms with E-state index in [-0.39, 0.29) is 6.17 Å². The third kappa shape index (κ3) is 2.04. The minimum absolute atomic E-state index is 0.112. The summed E-state index contributed by atoms with van der Waals surface area (Å²) in [7, 11) is 0. The normalized spacial score (nSPS) is 15.9. The fourth-order valence-electron chi connectivity index (χ4n) is 3.64. The fraction of sp³-hybridized carbons (Fsp3) is 0.238. The van der Waals surface area contributed by atoms with Crippen molar-refractivity contribution in [3.8, 4) is 16.9 Å². The van der Waals surface area contributed by atoms with Gasteiger partial charge in [-0.25, -0.2) is 0 Å². The Labute approximate surface area is 141 Å². The average molecular weight is 316 g/mol. The topological polar surface area (TPSA) is 45.0 Å². The second kappa shape index (κ2) is 5.45. The summed E-state index contributed by atoms with van der Waals surface area (Å²) in [6.07, 6.45) is 0.854. The first kappa shape index (κ1) is 14.9. The molecule has 0 fully saturated rings. The molecule has 1 aliphatic heterocycles. The van der Waals surface area contributed by atoms with Gasteiger partial charge in [0.2, 0.25) is 0 Å². The van der Waals surface area contributed by atoms with Crippen molar-refractivity contribution in [1.82, 2.24) is 0 Å². The van der Waals surface area contributed by atoms with Crippen LogP contribution < -0.4 is 10.7 Å². The van der Waals surface area contributed by atoms with Gasteiger partial charge in [-0.15, -0.1) is 0 Å². The van der Waals surface area contributed by atoms with E-state index in [0.29, 0.717) is 5.75 Å². The minimum Gasteiger partial charge on any atom is -0.507 e. The van der Waals surface area contributed by atoms with Gasteiger partial charge in [-0.1, -0.05) is 49.4 Å². The van der Waals surface area contributed by atoms with E-state index in [1.54, 1.807) is 0 Å². The Balaban J connectivity index is 2.20. The number of nitrogens with zero attached hydrogens (tertiary/aromatic N) is 2. The summed E-state index contributed by atoms with van der Waals surface area (Å²) in [6.45, 7) is 6.24. The number of hydrogen-bond donors (Lipinski definition) is 1. The first-order valence-corrected chi connectivity index (χ1v) is 8.40. The molecule has 3 nitrogen and oxygen atoms in total. The summed E-state index contributed by atoms with van der Waals surface area (Å²) in [5.74, 6) is 0.300. The van der Waals surface area contributed by atoms with Crippen LogP contribution in [0, 0.1) is 6.92 Å². The molecule has 1 heterocycles. The van der Waals surface area contributed by atoms with Crippen molar-refractivity contribution >= 4 is 10.8 Å². The maximum Gasteiger partial charge on any atom is 0.138 e. The van der Waals surface area contributed by atoms with Gasteiger partial charge in [-0.2, -0.15) is 0 Å². The molecule has 0 aliphatic carbocycles. The monoisotopic (exact) mass is 316 g/mol. The molecule has 0 saturated heterocycles. The smallest absolute Gasteiger partial charge is 0.138 e. The number of phenolic OH excluding ortho intramolecular Hbond substituents is 1. The van der Waals surface area contributed by atoms with Crippen molar-refractivity contribution < 1.29 is 5.11 Å².